The van der Waals surface area contributed by atoms with E-state index in [0.717, 1.165) is 0 Å². The summed E-state index contributed by atoms with van der Waals surface area (Å²) in [6.07, 6.45) is -9.55. The molecule has 0 amide bonds. The van der Waals surface area contributed by atoms with Crippen LogP contribution in [0.1, 0.15) is 20.3 Å². The molecule has 0 fully saturated rings. The summed E-state index contributed by atoms with van der Waals surface area (Å²) in [5.74, 6) is -1.15. The van der Waals surface area contributed by atoms with Crippen molar-refractivity contribution in [2.75, 3.05) is 6.61 Å². The molecule has 0 aromatic heterocycles. The SMILES string of the molecule is CCOC(C)OC(=O)C[C@@H](O)C(F)(F)F. The minimum Gasteiger partial charge on any atom is -0.436 e. The van der Waals surface area contributed by atoms with Crippen LogP contribution in [-0.4, -0.2) is 36.3 Å². The first-order valence-corrected chi connectivity index (χ1v) is 4.33. The van der Waals surface area contributed by atoms with Gasteiger partial charge in [0.2, 0.25) is 0 Å². The molecule has 0 aromatic rings. The van der Waals surface area contributed by atoms with Crippen LogP contribution in [0.5, 0.6) is 0 Å². The summed E-state index contributed by atoms with van der Waals surface area (Å²) in [4.78, 5) is 10.8. The highest BCUT2D eigenvalue weighted by atomic mass is 19.4. The molecule has 0 saturated heterocycles. The Labute approximate surface area is 85.0 Å². The molecule has 0 aliphatic rings. The van der Waals surface area contributed by atoms with Crippen LogP contribution >= 0.6 is 0 Å². The van der Waals surface area contributed by atoms with Gasteiger partial charge in [-0.3, -0.25) is 4.79 Å². The average molecular weight is 230 g/mol. The van der Waals surface area contributed by atoms with Gasteiger partial charge in [0.15, 0.2) is 12.4 Å². The number of aliphatic hydroxyl groups is 1. The van der Waals surface area contributed by atoms with Crippen molar-refractivity contribution in [3.8, 4) is 0 Å². The fraction of sp³-hybridized carbons (Fsp3) is 0.875. The number of aliphatic hydroxyl groups excluding tert-OH is 1. The number of hydrogen-bond donors (Lipinski definition) is 1. The zero-order valence-corrected chi connectivity index (χ0v) is 8.37. The van der Waals surface area contributed by atoms with E-state index < -0.39 is 31.0 Å². The van der Waals surface area contributed by atoms with E-state index in [1.54, 1.807) is 6.92 Å². The Hall–Kier alpha value is -0.820. The Balaban J connectivity index is 3.94. The number of alkyl halides is 3. The van der Waals surface area contributed by atoms with E-state index >= 15 is 0 Å². The highest BCUT2D eigenvalue weighted by Gasteiger charge is 2.40. The van der Waals surface area contributed by atoms with Gasteiger partial charge in [0.25, 0.3) is 0 Å². The normalized spacial score (nSPS) is 15.9. The number of carbonyl (C=O) groups is 1. The largest absolute Gasteiger partial charge is 0.436 e. The lowest BCUT2D eigenvalue weighted by Gasteiger charge is -2.16. The lowest BCUT2D eigenvalue weighted by Crippen LogP contribution is -2.32. The number of rotatable bonds is 5. The molecular weight excluding hydrogens is 217 g/mol. The molecule has 0 spiro atoms. The van der Waals surface area contributed by atoms with E-state index in [0.29, 0.717) is 0 Å². The maximum atomic E-state index is 11.8. The summed E-state index contributed by atoms with van der Waals surface area (Å²) in [5.41, 5.74) is 0. The monoisotopic (exact) mass is 230 g/mol. The summed E-state index contributed by atoms with van der Waals surface area (Å²) in [6, 6.07) is 0. The van der Waals surface area contributed by atoms with Crippen LogP contribution in [0.2, 0.25) is 0 Å². The zero-order chi connectivity index (χ0) is 12.1. The van der Waals surface area contributed by atoms with Crippen molar-refractivity contribution in [1.29, 1.82) is 0 Å². The molecular formula is C8H13F3O4. The van der Waals surface area contributed by atoms with Gasteiger partial charge >= 0.3 is 12.1 Å². The van der Waals surface area contributed by atoms with Crippen molar-refractivity contribution in [2.45, 2.75) is 38.8 Å². The molecule has 1 N–H and O–H groups in total. The second-order valence-corrected chi connectivity index (χ2v) is 2.77. The summed E-state index contributed by atoms with van der Waals surface area (Å²) in [5, 5.41) is 8.53. The molecule has 7 heteroatoms. The number of hydrogen-bond acceptors (Lipinski definition) is 4. The minimum atomic E-state index is -4.81. The third-order valence-corrected chi connectivity index (χ3v) is 1.44. The standard InChI is InChI=1S/C8H13F3O4/c1-3-14-5(2)15-7(13)4-6(12)8(9,10)11/h5-6,12H,3-4H2,1-2H3/t5?,6-/m1/s1. The smallest absolute Gasteiger partial charge is 0.414 e. The molecule has 4 nitrogen and oxygen atoms in total. The first kappa shape index (κ1) is 14.2. The van der Waals surface area contributed by atoms with Crippen molar-refractivity contribution in [2.24, 2.45) is 0 Å². The third-order valence-electron chi connectivity index (χ3n) is 1.44. The van der Waals surface area contributed by atoms with E-state index in [1.165, 1.54) is 6.92 Å². The number of carbonyl (C=O) groups excluding carboxylic acids is 1. The van der Waals surface area contributed by atoms with Gasteiger partial charge in [-0.1, -0.05) is 0 Å². The van der Waals surface area contributed by atoms with Crippen molar-refractivity contribution in [1.82, 2.24) is 0 Å². The van der Waals surface area contributed by atoms with Crippen LogP contribution < -0.4 is 0 Å². The lowest BCUT2D eigenvalue weighted by atomic mass is 10.2. The summed E-state index contributed by atoms with van der Waals surface area (Å²) >= 11 is 0. The molecule has 0 aromatic carbocycles. The van der Waals surface area contributed by atoms with Gasteiger partial charge in [0.05, 0.1) is 6.42 Å². The molecule has 0 aliphatic carbocycles. The molecule has 2 atom stereocenters. The van der Waals surface area contributed by atoms with Crippen LogP contribution in [0.25, 0.3) is 0 Å². The molecule has 0 rings (SSSR count). The summed E-state index contributed by atoms with van der Waals surface area (Å²) in [6.45, 7) is 3.30. The van der Waals surface area contributed by atoms with Gasteiger partial charge in [-0.05, 0) is 13.8 Å². The van der Waals surface area contributed by atoms with Crippen LogP contribution in [0.3, 0.4) is 0 Å². The van der Waals surface area contributed by atoms with E-state index in [-0.39, 0.29) is 6.61 Å². The minimum absolute atomic E-state index is 0.274. The van der Waals surface area contributed by atoms with Crippen LogP contribution in [0, 0.1) is 0 Å². The molecule has 0 saturated carbocycles. The van der Waals surface area contributed by atoms with Crippen molar-refractivity contribution >= 4 is 5.97 Å². The fourth-order valence-corrected chi connectivity index (χ4v) is 0.776. The summed E-state index contributed by atoms with van der Waals surface area (Å²) in [7, 11) is 0. The first-order valence-electron chi connectivity index (χ1n) is 4.33. The molecule has 0 radical (unpaired) electrons. The van der Waals surface area contributed by atoms with Crippen molar-refractivity contribution in [3.05, 3.63) is 0 Å². The average Bonchev–Trinajstić information content (AvgIpc) is 2.01. The Bertz CT molecular complexity index is 205. The van der Waals surface area contributed by atoms with Gasteiger partial charge in [-0.25, -0.2) is 0 Å². The number of ether oxygens (including phenoxy) is 2. The molecule has 90 valence electrons. The lowest BCUT2D eigenvalue weighted by molar-refractivity contribution is -0.215. The zero-order valence-electron chi connectivity index (χ0n) is 8.37. The highest BCUT2D eigenvalue weighted by molar-refractivity contribution is 5.70. The second kappa shape index (κ2) is 5.92. The third kappa shape index (κ3) is 6.29. The van der Waals surface area contributed by atoms with E-state index in [9.17, 15) is 18.0 Å². The van der Waals surface area contributed by atoms with Crippen LogP contribution in [-0.2, 0) is 14.3 Å². The first-order chi connectivity index (χ1) is 6.77. The quantitative estimate of drug-likeness (QED) is 0.570. The highest BCUT2D eigenvalue weighted by Crippen LogP contribution is 2.22. The van der Waals surface area contributed by atoms with E-state index in [1.807, 2.05) is 0 Å². The van der Waals surface area contributed by atoms with Gasteiger partial charge in [0.1, 0.15) is 0 Å². The topological polar surface area (TPSA) is 55.8 Å². The summed E-state index contributed by atoms with van der Waals surface area (Å²) < 4.78 is 44.6. The molecule has 0 aliphatic heterocycles. The predicted molar refractivity (Wildman–Crippen MR) is 43.9 cm³/mol. The Kier molecular flexibility index (Phi) is 5.59. The molecule has 1 unspecified atom stereocenters. The maximum absolute atomic E-state index is 11.8. The van der Waals surface area contributed by atoms with E-state index in [4.69, 9.17) is 9.84 Å². The fourth-order valence-electron chi connectivity index (χ4n) is 0.776. The van der Waals surface area contributed by atoms with Crippen molar-refractivity contribution in [3.63, 3.8) is 0 Å². The Morgan fingerprint density at radius 1 is 1.47 bits per heavy atom. The van der Waals surface area contributed by atoms with Crippen LogP contribution in [0.15, 0.2) is 0 Å². The van der Waals surface area contributed by atoms with Gasteiger partial charge in [0, 0.05) is 6.61 Å². The van der Waals surface area contributed by atoms with E-state index in [2.05, 4.69) is 4.74 Å². The molecule has 0 bridgehead atoms. The molecule has 15 heavy (non-hydrogen) atoms. The number of halogens is 3. The Morgan fingerprint density at radius 2 is 2.00 bits per heavy atom. The van der Waals surface area contributed by atoms with Crippen LogP contribution in [0.4, 0.5) is 13.2 Å². The maximum Gasteiger partial charge on any atom is 0.414 e. The van der Waals surface area contributed by atoms with Gasteiger partial charge in [-0.2, -0.15) is 13.2 Å². The number of esters is 1. The second-order valence-electron chi connectivity index (χ2n) is 2.77. The predicted octanol–water partition coefficient (Wildman–Crippen LogP) is 1.23. The van der Waals surface area contributed by atoms with Crippen molar-refractivity contribution < 1.29 is 32.5 Å². The van der Waals surface area contributed by atoms with Gasteiger partial charge in [-0.15, -0.1) is 0 Å². The Morgan fingerprint density at radius 3 is 2.40 bits per heavy atom. The van der Waals surface area contributed by atoms with Gasteiger partial charge < -0.3 is 14.6 Å². The molecule has 0 heterocycles.